The highest BCUT2D eigenvalue weighted by Crippen LogP contribution is 2.02. The van der Waals surface area contributed by atoms with Crippen molar-refractivity contribution in [2.45, 2.75) is 6.42 Å². The van der Waals surface area contributed by atoms with Gasteiger partial charge >= 0.3 is 5.97 Å². The van der Waals surface area contributed by atoms with Crippen LogP contribution in [-0.4, -0.2) is 21.8 Å². The summed E-state index contributed by atoms with van der Waals surface area (Å²) in [5, 5.41) is 8.68. The second-order valence-corrected chi connectivity index (χ2v) is 3.11. The maximum atomic E-state index is 10.6. The van der Waals surface area contributed by atoms with Crippen LogP contribution in [-0.2, 0) is 0 Å². The molecule has 0 saturated heterocycles. The number of allylic oxidation sites excluding steroid dienone is 1. The van der Waals surface area contributed by atoms with Crippen molar-refractivity contribution in [3.05, 3.63) is 35.7 Å². The van der Waals surface area contributed by atoms with E-state index in [0.29, 0.717) is 5.69 Å². The van der Waals surface area contributed by atoms with Gasteiger partial charge in [-0.25, -0.2) is 9.78 Å². The molecule has 0 radical (unpaired) electrons. The number of pyridine rings is 1. The van der Waals surface area contributed by atoms with Crippen molar-refractivity contribution in [3.63, 3.8) is 0 Å². The van der Waals surface area contributed by atoms with Gasteiger partial charge in [0.25, 0.3) is 0 Å². The Morgan fingerprint density at radius 2 is 2.36 bits per heavy atom. The zero-order chi connectivity index (χ0) is 10.4. The quantitative estimate of drug-likeness (QED) is 0.747. The Morgan fingerprint density at radius 1 is 1.57 bits per heavy atom. The van der Waals surface area contributed by atoms with Crippen LogP contribution in [0.3, 0.4) is 0 Å². The summed E-state index contributed by atoms with van der Waals surface area (Å²) in [7, 11) is 0. The Balaban J connectivity index is 2.78. The molecule has 0 aliphatic heterocycles. The molecule has 1 N–H and O–H groups in total. The number of carboxylic acid groups (broad SMARTS) is 1. The first kappa shape index (κ1) is 10.8. The van der Waals surface area contributed by atoms with Gasteiger partial charge in [0.2, 0.25) is 0 Å². The van der Waals surface area contributed by atoms with E-state index in [1.54, 1.807) is 18.2 Å². The van der Waals surface area contributed by atoms with Gasteiger partial charge in [0, 0.05) is 0 Å². The molecule has 0 atom stereocenters. The SMILES string of the molecule is O=C(O)c1cccc(C=CCCS)n1. The highest BCUT2D eigenvalue weighted by atomic mass is 32.1. The molecule has 3 nitrogen and oxygen atoms in total. The van der Waals surface area contributed by atoms with Crippen molar-refractivity contribution < 1.29 is 9.90 Å². The first-order chi connectivity index (χ1) is 6.74. The fourth-order valence-electron chi connectivity index (χ4n) is 0.942. The minimum atomic E-state index is -1.01. The maximum Gasteiger partial charge on any atom is 0.354 e. The molecule has 0 aliphatic carbocycles. The molecule has 74 valence electrons. The van der Waals surface area contributed by atoms with Crippen molar-refractivity contribution in [3.8, 4) is 0 Å². The van der Waals surface area contributed by atoms with Gasteiger partial charge in [-0.1, -0.05) is 12.1 Å². The maximum absolute atomic E-state index is 10.6. The van der Waals surface area contributed by atoms with Gasteiger partial charge in [-0.05, 0) is 30.4 Å². The van der Waals surface area contributed by atoms with Crippen molar-refractivity contribution in [2.24, 2.45) is 0 Å². The summed E-state index contributed by atoms with van der Waals surface area (Å²) in [5.74, 6) is -0.232. The minimum Gasteiger partial charge on any atom is -0.477 e. The zero-order valence-electron chi connectivity index (χ0n) is 7.55. The van der Waals surface area contributed by atoms with Crippen LogP contribution >= 0.6 is 12.6 Å². The van der Waals surface area contributed by atoms with Crippen molar-refractivity contribution in [2.75, 3.05) is 5.75 Å². The van der Waals surface area contributed by atoms with Gasteiger partial charge in [0.05, 0.1) is 5.69 Å². The summed E-state index contributed by atoms with van der Waals surface area (Å²) in [5.41, 5.74) is 0.727. The number of thiol groups is 1. The van der Waals surface area contributed by atoms with Crippen molar-refractivity contribution >= 4 is 24.7 Å². The van der Waals surface area contributed by atoms with E-state index < -0.39 is 5.97 Å². The smallest absolute Gasteiger partial charge is 0.354 e. The highest BCUT2D eigenvalue weighted by Gasteiger charge is 2.02. The van der Waals surface area contributed by atoms with E-state index in [9.17, 15) is 4.79 Å². The van der Waals surface area contributed by atoms with E-state index in [1.165, 1.54) is 6.07 Å². The third-order valence-corrected chi connectivity index (χ3v) is 1.83. The lowest BCUT2D eigenvalue weighted by atomic mass is 10.2. The zero-order valence-corrected chi connectivity index (χ0v) is 8.45. The number of carbonyl (C=O) groups is 1. The van der Waals surface area contributed by atoms with Crippen LogP contribution in [0.25, 0.3) is 6.08 Å². The summed E-state index contributed by atoms with van der Waals surface area (Å²) in [6, 6.07) is 4.91. The van der Waals surface area contributed by atoms with Crippen LogP contribution in [0.15, 0.2) is 24.3 Å². The summed E-state index contributed by atoms with van der Waals surface area (Å²) >= 11 is 4.05. The molecule has 14 heavy (non-hydrogen) atoms. The van der Waals surface area contributed by atoms with E-state index in [1.807, 2.05) is 6.08 Å². The largest absolute Gasteiger partial charge is 0.477 e. The molecule has 1 heterocycles. The molecule has 0 aliphatic rings. The predicted molar refractivity (Wildman–Crippen MR) is 58.7 cm³/mol. The average Bonchev–Trinajstić information content (AvgIpc) is 2.19. The van der Waals surface area contributed by atoms with E-state index in [2.05, 4.69) is 17.6 Å². The molecule has 0 unspecified atom stereocenters. The van der Waals surface area contributed by atoms with Gasteiger partial charge in [-0.3, -0.25) is 0 Å². The van der Waals surface area contributed by atoms with Gasteiger partial charge in [-0.2, -0.15) is 12.6 Å². The third-order valence-electron chi connectivity index (χ3n) is 1.57. The number of rotatable bonds is 4. The van der Waals surface area contributed by atoms with E-state index in [4.69, 9.17) is 5.11 Å². The molecule has 0 amide bonds. The summed E-state index contributed by atoms with van der Waals surface area (Å²) in [6.07, 6.45) is 4.56. The molecular formula is C10H11NO2S. The third kappa shape index (κ3) is 3.22. The van der Waals surface area contributed by atoms with E-state index >= 15 is 0 Å². The highest BCUT2D eigenvalue weighted by molar-refractivity contribution is 7.80. The lowest BCUT2D eigenvalue weighted by Gasteiger charge is -1.95. The molecule has 4 heteroatoms. The van der Waals surface area contributed by atoms with E-state index in [-0.39, 0.29) is 5.69 Å². The fraction of sp³-hybridized carbons (Fsp3) is 0.200. The molecule has 0 aromatic carbocycles. The lowest BCUT2D eigenvalue weighted by Crippen LogP contribution is -2.00. The summed E-state index contributed by atoms with van der Waals surface area (Å²) < 4.78 is 0. The number of aromatic carboxylic acids is 1. The average molecular weight is 209 g/mol. The number of hydrogen-bond acceptors (Lipinski definition) is 3. The Hall–Kier alpha value is -1.29. The topological polar surface area (TPSA) is 50.2 Å². The van der Waals surface area contributed by atoms with Gasteiger partial charge in [0.1, 0.15) is 5.69 Å². The lowest BCUT2D eigenvalue weighted by molar-refractivity contribution is 0.0690. The Kier molecular flexibility index (Phi) is 4.19. The molecule has 0 fully saturated rings. The molecule has 0 bridgehead atoms. The number of carboxylic acids is 1. The molecular weight excluding hydrogens is 198 g/mol. The summed E-state index contributed by atoms with van der Waals surface area (Å²) in [6.45, 7) is 0. The normalized spacial score (nSPS) is 10.6. The molecule has 1 aromatic heterocycles. The summed E-state index contributed by atoms with van der Waals surface area (Å²) in [4.78, 5) is 14.5. The van der Waals surface area contributed by atoms with Crippen LogP contribution in [0, 0.1) is 0 Å². The van der Waals surface area contributed by atoms with Crippen molar-refractivity contribution in [1.29, 1.82) is 0 Å². The van der Waals surface area contributed by atoms with Crippen LogP contribution in [0.5, 0.6) is 0 Å². The minimum absolute atomic E-state index is 0.0676. The number of aromatic nitrogens is 1. The number of hydrogen-bond donors (Lipinski definition) is 2. The van der Waals surface area contributed by atoms with Gasteiger partial charge in [-0.15, -0.1) is 0 Å². The Bertz CT molecular complexity index is 350. The molecule has 0 spiro atoms. The van der Waals surface area contributed by atoms with Crippen LogP contribution in [0.4, 0.5) is 0 Å². The van der Waals surface area contributed by atoms with Gasteiger partial charge in [0.15, 0.2) is 0 Å². The van der Waals surface area contributed by atoms with Crippen molar-refractivity contribution in [1.82, 2.24) is 4.98 Å². The first-order valence-electron chi connectivity index (χ1n) is 4.22. The van der Waals surface area contributed by atoms with Crippen LogP contribution in [0.2, 0.25) is 0 Å². The molecule has 1 aromatic rings. The molecule has 1 rings (SSSR count). The van der Waals surface area contributed by atoms with E-state index in [0.717, 1.165) is 12.2 Å². The fourth-order valence-corrected chi connectivity index (χ4v) is 1.09. The Labute approximate surface area is 87.9 Å². The van der Waals surface area contributed by atoms with Crippen LogP contribution < -0.4 is 0 Å². The number of nitrogens with zero attached hydrogens (tertiary/aromatic N) is 1. The second kappa shape index (κ2) is 5.44. The van der Waals surface area contributed by atoms with Gasteiger partial charge < -0.3 is 5.11 Å². The standard InChI is InChI=1S/C10H11NO2S/c12-10(13)9-6-3-5-8(11-9)4-1-2-7-14/h1,3-6,14H,2,7H2,(H,12,13). The first-order valence-corrected chi connectivity index (χ1v) is 4.85. The predicted octanol–water partition coefficient (Wildman–Crippen LogP) is 2.11. The monoisotopic (exact) mass is 209 g/mol. The second-order valence-electron chi connectivity index (χ2n) is 2.67. The van der Waals surface area contributed by atoms with Crippen LogP contribution in [0.1, 0.15) is 22.6 Å². The Morgan fingerprint density at radius 3 is 3.00 bits per heavy atom. The molecule has 0 saturated carbocycles.